The third-order valence-corrected chi connectivity index (χ3v) is 3.49. The highest BCUT2D eigenvalue weighted by Crippen LogP contribution is 2.34. The highest BCUT2D eigenvalue weighted by molar-refractivity contribution is 7.89. The normalized spacial score (nSPS) is 18.6. The molecule has 0 aromatic carbocycles. The Morgan fingerprint density at radius 1 is 1.50 bits per heavy atom. The number of furan rings is 1. The first-order valence-electron chi connectivity index (χ1n) is 4.93. The summed E-state index contributed by atoms with van der Waals surface area (Å²) in [5.41, 5.74) is -0.200. The van der Waals surface area contributed by atoms with E-state index in [9.17, 15) is 8.42 Å². The molecule has 0 bridgehead atoms. The molecule has 1 saturated carbocycles. The summed E-state index contributed by atoms with van der Waals surface area (Å²) < 4.78 is 26.9. The molecule has 0 spiro atoms. The quantitative estimate of drug-likeness (QED) is 0.652. The largest absolute Gasteiger partial charge is 0.447 e. The maximum absolute atomic E-state index is 10.9. The minimum Gasteiger partial charge on any atom is -0.447 e. The van der Waals surface area contributed by atoms with E-state index in [1.54, 1.807) is 6.07 Å². The molecule has 90 valence electrons. The molecule has 4 N–H and O–H groups in total. The molecule has 0 unspecified atom stereocenters. The fourth-order valence-electron chi connectivity index (χ4n) is 1.42. The fraction of sp³-hybridized carbons (Fsp3) is 0.556. The monoisotopic (exact) mass is 246 g/mol. The van der Waals surface area contributed by atoms with Gasteiger partial charge in [-0.05, 0) is 25.0 Å². The zero-order valence-corrected chi connectivity index (χ0v) is 9.46. The Hall–Kier alpha value is -0.890. The Morgan fingerprint density at radius 3 is 2.62 bits per heavy atom. The van der Waals surface area contributed by atoms with Crippen LogP contribution in [0.5, 0.6) is 0 Å². The molecule has 7 heteroatoms. The lowest BCUT2D eigenvalue weighted by Gasteiger charge is -2.12. The van der Waals surface area contributed by atoms with Gasteiger partial charge in [0.2, 0.25) is 5.09 Å². The minimum atomic E-state index is -3.77. The van der Waals surface area contributed by atoms with Gasteiger partial charge in [0.05, 0.1) is 13.2 Å². The zero-order valence-electron chi connectivity index (χ0n) is 8.64. The first kappa shape index (κ1) is 11.6. The van der Waals surface area contributed by atoms with E-state index in [1.165, 1.54) is 6.07 Å². The predicted molar refractivity (Wildman–Crippen MR) is 56.0 cm³/mol. The lowest BCUT2D eigenvalue weighted by Crippen LogP contribution is -2.33. The summed E-state index contributed by atoms with van der Waals surface area (Å²) in [5, 5.41) is 16.9. The fourth-order valence-corrected chi connectivity index (χ4v) is 1.90. The van der Waals surface area contributed by atoms with Gasteiger partial charge in [-0.2, -0.15) is 0 Å². The Bertz CT molecular complexity index is 475. The Balaban J connectivity index is 1.98. The number of nitrogens with one attached hydrogen (secondary N) is 1. The number of aliphatic hydroxyl groups is 1. The molecule has 2 rings (SSSR count). The van der Waals surface area contributed by atoms with Crippen LogP contribution in [0.4, 0.5) is 0 Å². The van der Waals surface area contributed by atoms with Crippen LogP contribution in [-0.4, -0.2) is 25.7 Å². The second kappa shape index (κ2) is 3.85. The second-order valence-corrected chi connectivity index (χ2v) is 5.55. The molecule has 1 aliphatic rings. The van der Waals surface area contributed by atoms with Crippen molar-refractivity contribution in [2.24, 2.45) is 5.14 Å². The number of primary sulfonamides is 1. The van der Waals surface area contributed by atoms with Gasteiger partial charge in [0, 0.05) is 5.54 Å². The molecule has 0 atom stereocenters. The van der Waals surface area contributed by atoms with Crippen molar-refractivity contribution in [2.75, 3.05) is 6.61 Å². The van der Waals surface area contributed by atoms with Crippen LogP contribution in [0.15, 0.2) is 21.6 Å². The molecule has 0 saturated heterocycles. The summed E-state index contributed by atoms with van der Waals surface area (Å²) in [6.45, 7) is 0.464. The molecule has 0 aliphatic heterocycles. The summed E-state index contributed by atoms with van der Waals surface area (Å²) in [7, 11) is -3.77. The van der Waals surface area contributed by atoms with Crippen molar-refractivity contribution in [3.05, 3.63) is 17.9 Å². The second-order valence-electron chi connectivity index (χ2n) is 4.06. The van der Waals surface area contributed by atoms with Gasteiger partial charge in [-0.3, -0.25) is 0 Å². The summed E-state index contributed by atoms with van der Waals surface area (Å²) >= 11 is 0. The molecule has 0 amide bonds. The number of sulfonamides is 1. The maximum Gasteiger partial charge on any atom is 0.271 e. The molecule has 1 fully saturated rings. The van der Waals surface area contributed by atoms with Crippen molar-refractivity contribution in [2.45, 2.75) is 30.0 Å². The van der Waals surface area contributed by atoms with Crippen LogP contribution >= 0.6 is 0 Å². The van der Waals surface area contributed by atoms with Crippen LogP contribution in [0.25, 0.3) is 0 Å². The van der Waals surface area contributed by atoms with E-state index in [0.717, 1.165) is 12.8 Å². The van der Waals surface area contributed by atoms with E-state index in [1.807, 2.05) is 0 Å². The molecule has 1 heterocycles. The topological polar surface area (TPSA) is 106 Å². The van der Waals surface area contributed by atoms with E-state index in [2.05, 4.69) is 5.32 Å². The average molecular weight is 246 g/mol. The molecular weight excluding hydrogens is 232 g/mol. The third kappa shape index (κ3) is 2.43. The highest BCUT2D eigenvalue weighted by atomic mass is 32.2. The zero-order chi connectivity index (χ0) is 11.8. The van der Waals surface area contributed by atoms with Gasteiger partial charge in [-0.1, -0.05) is 0 Å². The van der Waals surface area contributed by atoms with E-state index in [-0.39, 0.29) is 17.2 Å². The van der Waals surface area contributed by atoms with Crippen LogP contribution in [0.1, 0.15) is 18.6 Å². The van der Waals surface area contributed by atoms with Crippen LogP contribution < -0.4 is 10.5 Å². The third-order valence-electron chi connectivity index (χ3n) is 2.71. The summed E-state index contributed by atoms with van der Waals surface area (Å²) in [6, 6.07) is 2.88. The van der Waals surface area contributed by atoms with Crippen molar-refractivity contribution < 1.29 is 17.9 Å². The average Bonchev–Trinajstić information content (AvgIpc) is 2.83. The number of hydrogen-bond acceptors (Lipinski definition) is 5. The molecule has 1 aliphatic carbocycles. The number of hydrogen-bond donors (Lipinski definition) is 3. The van der Waals surface area contributed by atoms with Gasteiger partial charge in [-0.15, -0.1) is 0 Å². The van der Waals surface area contributed by atoms with Crippen molar-refractivity contribution in [1.29, 1.82) is 0 Å². The van der Waals surface area contributed by atoms with Crippen molar-refractivity contribution >= 4 is 10.0 Å². The molecular formula is C9H14N2O4S. The van der Waals surface area contributed by atoms with Crippen LogP contribution in [-0.2, 0) is 16.6 Å². The number of nitrogens with two attached hydrogens (primary N) is 1. The van der Waals surface area contributed by atoms with Gasteiger partial charge < -0.3 is 14.8 Å². The van der Waals surface area contributed by atoms with E-state index in [0.29, 0.717) is 12.3 Å². The first-order valence-corrected chi connectivity index (χ1v) is 6.47. The Labute approximate surface area is 93.5 Å². The smallest absolute Gasteiger partial charge is 0.271 e. The van der Waals surface area contributed by atoms with Crippen LogP contribution in [0, 0.1) is 0 Å². The summed E-state index contributed by atoms with van der Waals surface area (Å²) in [6.07, 6.45) is 1.85. The predicted octanol–water partition coefficient (Wildman–Crippen LogP) is -0.458. The highest BCUT2D eigenvalue weighted by Gasteiger charge is 2.41. The number of aliphatic hydroxyl groups excluding tert-OH is 1. The number of rotatable bonds is 5. The molecule has 16 heavy (non-hydrogen) atoms. The Morgan fingerprint density at radius 2 is 2.19 bits per heavy atom. The maximum atomic E-state index is 10.9. The summed E-state index contributed by atoms with van der Waals surface area (Å²) in [4.78, 5) is 0. The van der Waals surface area contributed by atoms with Gasteiger partial charge in [0.1, 0.15) is 5.76 Å². The summed E-state index contributed by atoms with van der Waals surface area (Å²) in [5.74, 6) is 0.490. The van der Waals surface area contributed by atoms with Crippen molar-refractivity contribution in [3.63, 3.8) is 0 Å². The molecule has 6 nitrogen and oxygen atoms in total. The molecule has 1 aromatic heterocycles. The van der Waals surface area contributed by atoms with Crippen LogP contribution in [0.2, 0.25) is 0 Å². The van der Waals surface area contributed by atoms with Crippen LogP contribution in [0.3, 0.4) is 0 Å². The van der Waals surface area contributed by atoms with E-state index >= 15 is 0 Å². The van der Waals surface area contributed by atoms with Gasteiger partial charge in [0.25, 0.3) is 10.0 Å². The van der Waals surface area contributed by atoms with E-state index in [4.69, 9.17) is 14.7 Å². The van der Waals surface area contributed by atoms with Gasteiger partial charge in [0.15, 0.2) is 0 Å². The lowest BCUT2D eigenvalue weighted by atomic mass is 10.3. The lowest BCUT2D eigenvalue weighted by molar-refractivity contribution is 0.225. The Kier molecular flexibility index (Phi) is 2.79. The van der Waals surface area contributed by atoms with E-state index < -0.39 is 10.0 Å². The molecule has 1 aromatic rings. The minimum absolute atomic E-state index is 0.0791. The standard InChI is InChI=1S/C9H14N2O4S/c10-16(13,14)8-2-1-7(15-8)5-11-9(6-12)3-4-9/h1-2,11-12H,3-6H2,(H2,10,13,14). The van der Waals surface area contributed by atoms with Gasteiger partial charge >= 0.3 is 0 Å². The van der Waals surface area contributed by atoms with Crippen molar-refractivity contribution in [1.82, 2.24) is 5.32 Å². The first-order chi connectivity index (χ1) is 7.45. The van der Waals surface area contributed by atoms with Crippen molar-refractivity contribution in [3.8, 4) is 0 Å². The molecule has 0 radical (unpaired) electrons. The SMILES string of the molecule is NS(=O)(=O)c1ccc(CNC2(CO)CC2)o1. The van der Waals surface area contributed by atoms with Gasteiger partial charge in [-0.25, -0.2) is 13.6 Å².